The zero-order valence-electron chi connectivity index (χ0n) is 10.2. The fourth-order valence-corrected chi connectivity index (χ4v) is 3.42. The van der Waals surface area contributed by atoms with Crippen molar-refractivity contribution in [1.82, 2.24) is 4.90 Å². The van der Waals surface area contributed by atoms with Crippen molar-refractivity contribution in [1.29, 1.82) is 0 Å². The minimum Gasteiger partial charge on any atom is -0.480 e. The Morgan fingerprint density at radius 2 is 2.26 bits per heavy atom. The number of carbonyl (C=O) groups excluding carboxylic acids is 1. The van der Waals surface area contributed by atoms with Crippen LogP contribution in [0.4, 0.5) is 10.5 Å². The molecule has 1 aromatic carbocycles. The molecule has 5 nitrogen and oxygen atoms in total. The summed E-state index contributed by atoms with van der Waals surface area (Å²) in [5.74, 6) is -0.131. The van der Waals surface area contributed by atoms with E-state index in [9.17, 15) is 9.59 Å². The lowest BCUT2D eigenvalue weighted by molar-refractivity contribution is -0.140. The second-order valence-corrected chi connectivity index (χ2v) is 6.13. The first kappa shape index (κ1) is 14.2. The van der Waals surface area contributed by atoms with Crippen LogP contribution in [0, 0.1) is 6.92 Å². The van der Waals surface area contributed by atoms with Gasteiger partial charge in [-0.15, -0.1) is 11.8 Å². The van der Waals surface area contributed by atoms with Gasteiger partial charge in [-0.25, -0.2) is 9.59 Å². The SMILES string of the molecule is Cc1cc(Br)ccc1NC(=O)N1CSCC1C(=O)O. The summed E-state index contributed by atoms with van der Waals surface area (Å²) in [6.07, 6.45) is 0. The number of thioether (sulfide) groups is 1. The van der Waals surface area contributed by atoms with Crippen molar-refractivity contribution in [2.45, 2.75) is 13.0 Å². The van der Waals surface area contributed by atoms with Crippen molar-refractivity contribution in [3.63, 3.8) is 0 Å². The van der Waals surface area contributed by atoms with Crippen LogP contribution in [0.1, 0.15) is 5.56 Å². The number of aryl methyl sites for hydroxylation is 1. The quantitative estimate of drug-likeness (QED) is 0.865. The van der Waals surface area contributed by atoms with Gasteiger partial charge in [0.15, 0.2) is 0 Å². The Morgan fingerprint density at radius 3 is 2.89 bits per heavy atom. The number of carboxylic acids is 1. The summed E-state index contributed by atoms with van der Waals surface area (Å²) in [6.45, 7) is 1.88. The highest BCUT2D eigenvalue weighted by Crippen LogP contribution is 2.24. The summed E-state index contributed by atoms with van der Waals surface area (Å²) in [7, 11) is 0. The predicted octanol–water partition coefficient (Wildman–Crippen LogP) is 2.75. The number of carboxylic acid groups (broad SMARTS) is 1. The number of aliphatic carboxylic acids is 1. The van der Waals surface area contributed by atoms with Crippen molar-refractivity contribution in [3.8, 4) is 0 Å². The third kappa shape index (κ3) is 3.22. The molecule has 7 heteroatoms. The van der Waals surface area contributed by atoms with Gasteiger partial charge in [-0.3, -0.25) is 0 Å². The Bertz CT molecular complexity index is 524. The molecule has 0 radical (unpaired) electrons. The smallest absolute Gasteiger partial charge is 0.327 e. The standard InChI is InChI=1S/C12H13BrN2O3S/c1-7-4-8(13)2-3-9(7)14-12(18)15-6-19-5-10(15)11(16)17/h2-4,10H,5-6H2,1H3,(H,14,18)(H,16,17). The van der Waals surface area contributed by atoms with Gasteiger partial charge in [0.1, 0.15) is 6.04 Å². The minimum atomic E-state index is -0.965. The normalized spacial score (nSPS) is 18.4. The van der Waals surface area contributed by atoms with Gasteiger partial charge >= 0.3 is 12.0 Å². The molecule has 0 saturated carbocycles. The molecule has 1 aliphatic rings. The van der Waals surface area contributed by atoms with Crippen LogP contribution in [0.15, 0.2) is 22.7 Å². The number of carbonyl (C=O) groups is 2. The van der Waals surface area contributed by atoms with E-state index in [1.165, 1.54) is 16.7 Å². The van der Waals surface area contributed by atoms with E-state index in [0.717, 1.165) is 10.0 Å². The van der Waals surface area contributed by atoms with E-state index in [0.29, 0.717) is 17.3 Å². The number of halogens is 1. The summed E-state index contributed by atoms with van der Waals surface area (Å²) in [5.41, 5.74) is 1.61. The molecular weight excluding hydrogens is 332 g/mol. The first-order valence-electron chi connectivity index (χ1n) is 5.63. The number of hydrogen-bond donors (Lipinski definition) is 2. The summed E-state index contributed by atoms with van der Waals surface area (Å²) < 4.78 is 0.933. The molecule has 1 aromatic rings. The monoisotopic (exact) mass is 344 g/mol. The van der Waals surface area contributed by atoms with Crippen LogP contribution in [0.25, 0.3) is 0 Å². The zero-order valence-corrected chi connectivity index (χ0v) is 12.6. The number of anilines is 1. The Morgan fingerprint density at radius 1 is 1.53 bits per heavy atom. The fraction of sp³-hybridized carbons (Fsp3) is 0.333. The number of hydrogen-bond acceptors (Lipinski definition) is 3. The molecule has 1 atom stereocenters. The molecular formula is C12H13BrN2O3S. The van der Waals surface area contributed by atoms with Crippen LogP contribution in [0.3, 0.4) is 0 Å². The summed E-state index contributed by atoms with van der Waals surface area (Å²) in [5, 5.41) is 11.8. The maximum atomic E-state index is 12.1. The Hall–Kier alpha value is -1.21. The van der Waals surface area contributed by atoms with Gasteiger partial charge in [0.25, 0.3) is 0 Å². The summed E-state index contributed by atoms with van der Waals surface area (Å²) in [6, 6.07) is 4.39. The number of amides is 2. The van der Waals surface area contributed by atoms with Gasteiger partial charge in [-0.1, -0.05) is 15.9 Å². The van der Waals surface area contributed by atoms with Crippen LogP contribution in [0.5, 0.6) is 0 Å². The van der Waals surface area contributed by atoms with E-state index in [2.05, 4.69) is 21.2 Å². The van der Waals surface area contributed by atoms with Gasteiger partial charge in [0.2, 0.25) is 0 Å². The molecule has 1 aliphatic heterocycles. The van der Waals surface area contributed by atoms with Crippen molar-refractivity contribution < 1.29 is 14.7 Å². The highest BCUT2D eigenvalue weighted by atomic mass is 79.9. The van der Waals surface area contributed by atoms with E-state index in [4.69, 9.17) is 5.11 Å². The second kappa shape index (κ2) is 5.83. The molecule has 102 valence electrons. The molecule has 1 heterocycles. The third-order valence-corrected chi connectivity index (χ3v) is 4.36. The van der Waals surface area contributed by atoms with Crippen molar-refractivity contribution in [2.75, 3.05) is 16.9 Å². The number of urea groups is 1. The number of nitrogens with one attached hydrogen (secondary N) is 1. The van der Waals surface area contributed by atoms with Crippen LogP contribution in [0.2, 0.25) is 0 Å². The lowest BCUT2D eigenvalue weighted by Gasteiger charge is -2.21. The van der Waals surface area contributed by atoms with Crippen LogP contribution in [-0.4, -0.2) is 39.7 Å². The molecule has 1 unspecified atom stereocenters. The molecule has 0 aliphatic carbocycles. The third-order valence-electron chi connectivity index (χ3n) is 2.86. The minimum absolute atomic E-state index is 0.372. The average molecular weight is 345 g/mol. The lowest BCUT2D eigenvalue weighted by Crippen LogP contribution is -2.44. The maximum absolute atomic E-state index is 12.1. The fourth-order valence-electron chi connectivity index (χ4n) is 1.80. The molecule has 1 saturated heterocycles. The topological polar surface area (TPSA) is 69.6 Å². The molecule has 0 spiro atoms. The van der Waals surface area contributed by atoms with Gasteiger partial charge in [0.05, 0.1) is 5.88 Å². The number of rotatable bonds is 2. The van der Waals surface area contributed by atoms with Gasteiger partial charge < -0.3 is 15.3 Å². The molecule has 1 fully saturated rings. The first-order chi connectivity index (χ1) is 8.99. The Balaban J connectivity index is 2.10. The van der Waals surface area contributed by atoms with Crippen LogP contribution >= 0.6 is 27.7 Å². The van der Waals surface area contributed by atoms with Gasteiger partial charge in [0, 0.05) is 15.9 Å². The van der Waals surface area contributed by atoms with E-state index in [-0.39, 0.29) is 6.03 Å². The molecule has 2 rings (SSSR count). The van der Waals surface area contributed by atoms with E-state index < -0.39 is 12.0 Å². The largest absolute Gasteiger partial charge is 0.480 e. The molecule has 0 aromatic heterocycles. The molecule has 2 amide bonds. The Labute approximate surface area is 123 Å². The molecule has 0 bridgehead atoms. The number of nitrogens with zero attached hydrogens (tertiary/aromatic N) is 1. The van der Waals surface area contributed by atoms with E-state index >= 15 is 0 Å². The lowest BCUT2D eigenvalue weighted by atomic mass is 10.2. The first-order valence-corrected chi connectivity index (χ1v) is 7.58. The highest BCUT2D eigenvalue weighted by molar-refractivity contribution is 9.10. The van der Waals surface area contributed by atoms with Gasteiger partial charge in [-0.05, 0) is 30.7 Å². The van der Waals surface area contributed by atoms with Crippen LogP contribution in [-0.2, 0) is 4.79 Å². The zero-order chi connectivity index (χ0) is 14.0. The Kier molecular flexibility index (Phi) is 4.36. The van der Waals surface area contributed by atoms with Crippen molar-refractivity contribution in [2.24, 2.45) is 0 Å². The van der Waals surface area contributed by atoms with E-state index in [1.807, 2.05) is 19.1 Å². The van der Waals surface area contributed by atoms with Crippen molar-refractivity contribution >= 4 is 45.4 Å². The van der Waals surface area contributed by atoms with Crippen molar-refractivity contribution in [3.05, 3.63) is 28.2 Å². The number of benzene rings is 1. The molecule has 19 heavy (non-hydrogen) atoms. The summed E-state index contributed by atoms with van der Waals surface area (Å²) >= 11 is 4.79. The second-order valence-electron chi connectivity index (χ2n) is 4.21. The summed E-state index contributed by atoms with van der Waals surface area (Å²) in [4.78, 5) is 24.5. The average Bonchev–Trinajstić information content (AvgIpc) is 2.82. The van der Waals surface area contributed by atoms with E-state index in [1.54, 1.807) is 6.07 Å². The highest BCUT2D eigenvalue weighted by Gasteiger charge is 2.34. The maximum Gasteiger partial charge on any atom is 0.327 e. The van der Waals surface area contributed by atoms with Crippen LogP contribution < -0.4 is 5.32 Å². The predicted molar refractivity (Wildman–Crippen MR) is 78.5 cm³/mol. The van der Waals surface area contributed by atoms with Gasteiger partial charge in [-0.2, -0.15) is 0 Å². The molecule has 2 N–H and O–H groups in total.